The van der Waals surface area contributed by atoms with Crippen molar-refractivity contribution in [1.82, 2.24) is 5.16 Å². The lowest BCUT2D eigenvalue weighted by atomic mass is 10.3. The normalized spacial score (nSPS) is 25.7. The fourth-order valence-electron chi connectivity index (χ4n) is 1.33. The molecule has 1 aliphatic carbocycles. The molecule has 0 spiro atoms. The summed E-state index contributed by atoms with van der Waals surface area (Å²) in [6.45, 7) is 3.86. The van der Waals surface area contributed by atoms with Crippen LogP contribution in [-0.4, -0.2) is 11.1 Å². The number of aryl methyl sites for hydroxylation is 1. The highest BCUT2D eigenvalue weighted by Gasteiger charge is 2.39. The molecule has 1 aromatic heterocycles. The van der Waals surface area contributed by atoms with E-state index in [1.807, 2.05) is 0 Å². The van der Waals surface area contributed by atoms with E-state index in [1.54, 1.807) is 13.0 Å². The van der Waals surface area contributed by atoms with Crippen molar-refractivity contribution in [3.05, 3.63) is 11.8 Å². The first-order valence-electron chi connectivity index (χ1n) is 4.41. The maximum absolute atomic E-state index is 11.4. The van der Waals surface area contributed by atoms with Crippen molar-refractivity contribution in [2.24, 2.45) is 11.8 Å². The first-order valence-corrected chi connectivity index (χ1v) is 4.41. The van der Waals surface area contributed by atoms with Gasteiger partial charge >= 0.3 is 0 Å². The summed E-state index contributed by atoms with van der Waals surface area (Å²) in [6.07, 6.45) is 0.989. The second-order valence-electron chi connectivity index (χ2n) is 3.63. The summed E-state index contributed by atoms with van der Waals surface area (Å²) in [5.74, 6) is 1.98. The van der Waals surface area contributed by atoms with Crippen molar-refractivity contribution in [3.63, 3.8) is 0 Å². The van der Waals surface area contributed by atoms with Crippen molar-refractivity contribution in [1.29, 1.82) is 0 Å². The molecule has 4 nitrogen and oxygen atoms in total. The molecule has 1 fully saturated rings. The van der Waals surface area contributed by atoms with Gasteiger partial charge in [-0.15, -0.1) is 0 Å². The van der Waals surface area contributed by atoms with Crippen LogP contribution in [0, 0.1) is 18.8 Å². The average Bonchev–Trinajstić information content (AvgIpc) is 2.66. The average molecular weight is 180 g/mol. The molecule has 1 amide bonds. The SMILES string of the molecule is Cc1cc(NC(=O)[C@H]2C[C@@H]2C)no1. The summed E-state index contributed by atoms with van der Waals surface area (Å²) in [4.78, 5) is 11.4. The minimum absolute atomic E-state index is 0.0563. The Morgan fingerprint density at radius 3 is 2.92 bits per heavy atom. The molecule has 70 valence electrons. The number of nitrogens with one attached hydrogen (secondary N) is 1. The highest BCUT2D eigenvalue weighted by atomic mass is 16.5. The Bertz CT molecular complexity index is 332. The predicted molar refractivity (Wildman–Crippen MR) is 47.1 cm³/mol. The van der Waals surface area contributed by atoms with Gasteiger partial charge in [0.25, 0.3) is 0 Å². The third kappa shape index (κ3) is 1.71. The number of rotatable bonds is 2. The number of hydrogen-bond donors (Lipinski definition) is 1. The van der Waals surface area contributed by atoms with Gasteiger partial charge < -0.3 is 9.84 Å². The van der Waals surface area contributed by atoms with Crippen LogP contribution in [0.4, 0.5) is 5.82 Å². The monoisotopic (exact) mass is 180 g/mol. The summed E-state index contributed by atoms with van der Waals surface area (Å²) in [5, 5.41) is 6.40. The number of carbonyl (C=O) groups is 1. The molecule has 1 saturated carbocycles. The highest BCUT2D eigenvalue weighted by Crippen LogP contribution is 2.38. The van der Waals surface area contributed by atoms with E-state index in [0.29, 0.717) is 17.5 Å². The molecule has 1 aliphatic rings. The zero-order chi connectivity index (χ0) is 9.42. The van der Waals surface area contributed by atoms with E-state index in [1.165, 1.54) is 0 Å². The Morgan fingerprint density at radius 2 is 2.46 bits per heavy atom. The minimum atomic E-state index is 0.0563. The van der Waals surface area contributed by atoms with Crippen LogP contribution in [0.25, 0.3) is 0 Å². The first-order chi connectivity index (χ1) is 6.16. The topological polar surface area (TPSA) is 55.1 Å². The smallest absolute Gasteiger partial charge is 0.229 e. The summed E-state index contributed by atoms with van der Waals surface area (Å²) >= 11 is 0. The standard InChI is InChI=1S/C9H12N2O2/c1-5-3-7(5)9(12)10-8-4-6(2)13-11-8/h4-5,7H,3H2,1-2H3,(H,10,11,12)/t5-,7-/m0/s1. The number of anilines is 1. The van der Waals surface area contributed by atoms with Gasteiger partial charge in [0.1, 0.15) is 5.76 Å². The molecule has 2 atom stereocenters. The molecular weight excluding hydrogens is 168 g/mol. The van der Waals surface area contributed by atoms with Gasteiger partial charge in [-0.3, -0.25) is 4.79 Å². The zero-order valence-corrected chi connectivity index (χ0v) is 7.70. The van der Waals surface area contributed by atoms with Crippen LogP contribution in [0.3, 0.4) is 0 Å². The maximum Gasteiger partial charge on any atom is 0.229 e. The number of hydrogen-bond acceptors (Lipinski definition) is 3. The van der Waals surface area contributed by atoms with Gasteiger partial charge in [0, 0.05) is 12.0 Å². The molecular formula is C9H12N2O2. The van der Waals surface area contributed by atoms with E-state index in [0.717, 1.165) is 6.42 Å². The van der Waals surface area contributed by atoms with Crippen molar-refractivity contribution in [3.8, 4) is 0 Å². The van der Waals surface area contributed by atoms with Gasteiger partial charge in [-0.1, -0.05) is 12.1 Å². The summed E-state index contributed by atoms with van der Waals surface area (Å²) in [6, 6.07) is 1.71. The zero-order valence-electron chi connectivity index (χ0n) is 7.70. The van der Waals surface area contributed by atoms with E-state index in [4.69, 9.17) is 4.52 Å². The molecule has 0 aliphatic heterocycles. The van der Waals surface area contributed by atoms with E-state index >= 15 is 0 Å². The van der Waals surface area contributed by atoms with Crippen LogP contribution >= 0.6 is 0 Å². The quantitative estimate of drug-likeness (QED) is 0.751. The van der Waals surface area contributed by atoms with E-state index < -0.39 is 0 Å². The van der Waals surface area contributed by atoms with Gasteiger partial charge in [0.05, 0.1) is 0 Å². The Hall–Kier alpha value is -1.32. The minimum Gasteiger partial charge on any atom is -0.360 e. The van der Waals surface area contributed by atoms with Crippen LogP contribution in [0.2, 0.25) is 0 Å². The first kappa shape index (κ1) is 8.29. The van der Waals surface area contributed by atoms with Gasteiger partial charge in [0.2, 0.25) is 5.91 Å². The highest BCUT2D eigenvalue weighted by molar-refractivity contribution is 5.93. The number of amides is 1. The maximum atomic E-state index is 11.4. The summed E-state index contributed by atoms with van der Waals surface area (Å²) in [7, 11) is 0. The van der Waals surface area contributed by atoms with Crippen molar-refractivity contribution >= 4 is 11.7 Å². The van der Waals surface area contributed by atoms with Crippen LogP contribution in [0.5, 0.6) is 0 Å². The third-order valence-corrected chi connectivity index (χ3v) is 2.33. The molecule has 0 unspecified atom stereocenters. The Morgan fingerprint density at radius 1 is 1.77 bits per heavy atom. The lowest BCUT2D eigenvalue weighted by Gasteiger charge is -1.97. The lowest BCUT2D eigenvalue weighted by Crippen LogP contribution is -2.14. The van der Waals surface area contributed by atoms with E-state index in [9.17, 15) is 4.79 Å². The largest absolute Gasteiger partial charge is 0.360 e. The molecule has 2 rings (SSSR count). The molecule has 13 heavy (non-hydrogen) atoms. The van der Waals surface area contributed by atoms with Crippen LogP contribution in [0.15, 0.2) is 10.6 Å². The van der Waals surface area contributed by atoms with E-state index in [2.05, 4.69) is 17.4 Å². The Balaban J connectivity index is 1.95. The number of carbonyl (C=O) groups excluding carboxylic acids is 1. The van der Waals surface area contributed by atoms with Crippen LogP contribution < -0.4 is 5.32 Å². The molecule has 0 radical (unpaired) electrons. The molecule has 0 aromatic carbocycles. The van der Waals surface area contributed by atoms with Gasteiger partial charge in [-0.2, -0.15) is 0 Å². The molecule has 0 bridgehead atoms. The van der Waals surface area contributed by atoms with Gasteiger partial charge in [0.15, 0.2) is 5.82 Å². The van der Waals surface area contributed by atoms with Crippen molar-refractivity contribution in [2.75, 3.05) is 5.32 Å². The molecule has 1 N–H and O–H groups in total. The number of nitrogens with zero attached hydrogens (tertiary/aromatic N) is 1. The Labute approximate surface area is 76.3 Å². The third-order valence-electron chi connectivity index (χ3n) is 2.33. The predicted octanol–water partition coefficient (Wildman–Crippen LogP) is 1.58. The van der Waals surface area contributed by atoms with Gasteiger partial charge in [-0.25, -0.2) is 0 Å². The van der Waals surface area contributed by atoms with Crippen LogP contribution in [-0.2, 0) is 4.79 Å². The molecule has 1 heterocycles. The molecule has 0 saturated heterocycles. The summed E-state index contributed by atoms with van der Waals surface area (Å²) in [5.41, 5.74) is 0. The Kier molecular flexibility index (Phi) is 1.83. The second-order valence-corrected chi connectivity index (χ2v) is 3.63. The number of aromatic nitrogens is 1. The fraction of sp³-hybridized carbons (Fsp3) is 0.556. The fourth-order valence-corrected chi connectivity index (χ4v) is 1.33. The van der Waals surface area contributed by atoms with Crippen molar-refractivity contribution < 1.29 is 9.32 Å². The van der Waals surface area contributed by atoms with E-state index in [-0.39, 0.29) is 11.8 Å². The molecule has 1 aromatic rings. The molecule has 4 heteroatoms. The summed E-state index contributed by atoms with van der Waals surface area (Å²) < 4.78 is 4.83. The van der Waals surface area contributed by atoms with Crippen molar-refractivity contribution in [2.45, 2.75) is 20.3 Å². The van der Waals surface area contributed by atoms with Crippen LogP contribution in [0.1, 0.15) is 19.1 Å². The second kappa shape index (κ2) is 2.87. The van der Waals surface area contributed by atoms with Gasteiger partial charge in [-0.05, 0) is 19.3 Å². The lowest BCUT2D eigenvalue weighted by molar-refractivity contribution is -0.117.